The van der Waals surface area contributed by atoms with Crippen molar-refractivity contribution in [3.05, 3.63) is 87.9 Å². The maximum absolute atomic E-state index is 15.7. The molecule has 0 aromatic heterocycles. The number of esters is 1. The van der Waals surface area contributed by atoms with Gasteiger partial charge in [0.25, 0.3) is 0 Å². The minimum absolute atomic E-state index is 0.0120. The van der Waals surface area contributed by atoms with Crippen molar-refractivity contribution in [1.29, 1.82) is 5.41 Å². The fourth-order valence-electron chi connectivity index (χ4n) is 5.09. The van der Waals surface area contributed by atoms with Gasteiger partial charge in [-0.25, -0.2) is 13.6 Å². The molecule has 1 saturated heterocycles. The van der Waals surface area contributed by atoms with Gasteiger partial charge < -0.3 is 19.5 Å². The van der Waals surface area contributed by atoms with Crippen LogP contribution in [0.4, 0.5) is 14.5 Å². The largest absolute Gasteiger partial charge is 0.512 e. The van der Waals surface area contributed by atoms with Crippen LogP contribution in [0.15, 0.2) is 65.9 Å². The van der Waals surface area contributed by atoms with Gasteiger partial charge in [0.2, 0.25) is 0 Å². The van der Waals surface area contributed by atoms with E-state index in [9.17, 15) is 14.3 Å². The topological polar surface area (TPSA) is 82.8 Å². The summed E-state index contributed by atoms with van der Waals surface area (Å²) in [4.78, 5) is 13.9. The van der Waals surface area contributed by atoms with Crippen LogP contribution in [0.5, 0.6) is 0 Å². The molecule has 3 aromatic rings. The first-order chi connectivity index (χ1) is 19.2. The Labute approximate surface area is 236 Å². The highest BCUT2D eigenvalue weighted by Gasteiger charge is 2.36. The van der Waals surface area contributed by atoms with Crippen molar-refractivity contribution in [1.82, 2.24) is 0 Å². The number of nitrogens with one attached hydrogen (secondary N) is 1. The number of rotatable bonds is 9. The van der Waals surface area contributed by atoms with Gasteiger partial charge in [0.1, 0.15) is 17.2 Å². The van der Waals surface area contributed by atoms with Gasteiger partial charge in [-0.2, -0.15) is 0 Å². The van der Waals surface area contributed by atoms with Crippen molar-refractivity contribution in [3.8, 4) is 0 Å². The number of anilines is 1. The molecule has 2 N–H and O–H groups in total. The Bertz CT molecular complexity index is 1460. The van der Waals surface area contributed by atoms with E-state index in [1.54, 1.807) is 12.1 Å². The van der Waals surface area contributed by atoms with Crippen molar-refractivity contribution in [2.75, 3.05) is 38.3 Å². The first-order valence-corrected chi connectivity index (χ1v) is 13.7. The third-order valence-corrected chi connectivity index (χ3v) is 7.98. The lowest BCUT2D eigenvalue weighted by Gasteiger charge is -2.37. The number of allylic oxidation sites excluding steroid dienone is 1. The van der Waals surface area contributed by atoms with Gasteiger partial charge in [0.15, 0.2) is 0 Å². The van der Waals surface area contributed by atoms with Crippen LogP contribution in [-0.4, -0.2) is 55.9 Å². The van der Waals surface area contributed by atoms with Crippen molar-refractivity contribution >= 4 is 39.7 Å². The predicted molar refractivity (Wildman–Crippen MR) is 152 cm³/mol. The molecule has 1 saturated carbocycles. The van der Waals surface area contributed by atoms with Crippen LogP contribution in [0.2, 0.25) is 5.02 Å². The van der Waals surface area contributed by atoms with Crippen LogP contribution in [-0.2, 0) is 9.47 Å². The van der Waals surface area contributed by atoms with Gasteiger partial charge in [0.05, 0.1) is 42.2 Å². The van der Waals surface area contributed by atoms with E-state index in [0.29, 0.717) is 18.7 Å². The Morgan fingerprint density at radius 2 is 1.82 bits per heavy atom. The number of benzene rings is 3. The van der Waals surface area contributed by atoms with Crippen molar-refractivity contribution in [3.63, 3.8) is 0 Å². The maximum Gasteiger partial charge on any atom is 0.337 e. The average Bonchev–Trinajstić information content (AvgIpc) is 3.80. The number of aliphatic hydroxyl groups excluding tert-OH is 1. The Kier molecular flexibility index (Phi) is 8.10. The Morgan fingerprint density at radius 3 is 2.50 bits per heavy atom. The molecule has 0 radical (unpaired) electrons. The molecule has 0 atom stereocenters. The highest BCUT2D eigenvalue weighted by molar-refractivity contribution is 6.35. The first kappa shape index (κ1) is 28.1. The molecule has 2 aliphatic rings. The molecule has 40 heavy (non-hydrogen) atoms. The molecule has 0 spiro atoms. The number of ether oxygens (including phenoxy) is 2. The molecule has 6 nitrogen and oxygen atoms in total. The summed E-state index contributed by atoms with van der Waals surface area (Å²) >= 11 is 6.16. The molecule has 9 heteroatoms. The number of hydrogen-bond acceptors (Lipinski definition) is 6. The number of alkyl halides is 1. The summed E-state index contributed by atoms with van der Waals surface area (Å²) in [6.45, 7) is 0.568. The fourth-order valence-corrected chi connectivity index (χ4v) is 5.34. The highest BCUT2D eigenvalue weighted by atomic mass is 35.5. The molecule has 2 fully saturated rings. The molecular weight excluding hydrogens is 538 g/mol. The number of hydrogen-bond donors (Lipinski definition) is 2. The lowest BCUT2D eigenvalue weighted by molar-refractivity contribution is 0.00816. The second kappa shape index (κ2) is 11.6. The van der Waals surface area contributed by atoms with E-state index in [2.05, 4.69) is 4.90 Å². The maximum atomic E-state index is 15.7. The minimum Gasteiger partial charge on any atom is -0.512 e. The van der Waals surface area contributed by atoms with Crippen LogP contribution < -0.4 is 4.90 Å². The van der Waals surface area contributed by atoms with Gasteiger partial charge >= 0.3 is 5.97 Å². The van der Waals surface area contributed by atoms with Crippen molar-refractivity contribution in [2.45, 2.75) is 31.4 Å². The Morgan fingerprint density at radius 1 is 1.12 bits per heavy atom. The zero-order valence-corrected chi connectivity index (χ0v) is 22.9. The number of halogens is 3. The van der Waals surface area contributed by atoms with Gasteiger partial charge in [-0.15, -0.1) is 0 Å². The first-order valence-electron chi connectivity index (χ1n) is 13.3. The minimum atomic E-state index is -1.57. The number of carbonyl (C=O) groups excluding carboxylic acids is 1. The summed E-state index contributed by atoms with van der Waals surface area (Å²) in [5.74, 6) is -1.16. The SMILES string of the molecule is COC(=O)c1ccc2cc(N3CCC(F)(COC/C(C(=N)c4c(F)cccc4Cl)=C(/O)C4CC4)CC3)ccc2c1. The van der Waals surface area contributed by atoms with Crippen LogP contribution in [0.3, 0.4) is 0 Å². The van der Waals surface area contributed by atoms with E-state index in [-0.39, 0.29) is 65.6 Å². The zero-order valence-electron chi connectivity index (χ0n) is 22.2. The monoisotopic (exact) mass is 568 g/mol. The predicted octanol–water partition coefficient (Wildman–Crippen LogP) is 7.03. The van der Waals surface area contributed by atoms with E-state index in [1.807, 2.05) is 24.3 Å². The average molecular weight is 569 g/mol. The molecule has 5 rings (SSSR count). The molecular formula is C31H31ClF2N2O4. The Hall–Kier alpha value is -3.49. The standard InChI is InChI=1S/C31H31ClF2N2O4/c1-39-30(38)22-8-7-21-16-23(10-9-20(21)15-22)36-13-11-31(34,12-14-36)18-40-17-24(29(37)19-5-6-19)28(35)27-25(32)3-2-4-26(27)33/h2-4,7-10,15-16,19,35,37H,5-6,11-14,17-18H2,1H3/b29-24-,35-28?. The summed E-state index contributed by atoms with van der Waals surface area (Å²) in [7, 11) is 1.35. The van der Waals surface area contributed by atoms with Crippen LogP contribution in [0, 0.1) is 17.1 Å². The van der Waals surface area contributed by atoms with Crippen molar-refractivity contribution < 1.29 is 28.2 Å². The number of nitrogens with zero attached hydrogens (tertiary/aromatic N) is 1. The lowest BCUT2D eigenvalue weighted by atomic mass is 9.93. The Balaban J connectivity index is 1.21. The van der Waals surface area contributed by atoms with E-state index in [0.717, 1.165) is 29.3 Å². The fraction of sp³-hybridized carbons (Fsp3) is 0.355. The lowest BCUT2D eigenvalue weighted by Crippen LogP contribution is -2.44. The summed E-state index contributed by atoms with van der Waals surface area (Å²) in [6.07, 6.45) is 2.04. The molecule has 0 bridgehead atoms. The molecule has 1 aliphatic heterocycles. The summed E-state index contributed by atoms with van der Waals surface area (Å²) in [5, 5.41) is 21.2. The van der Waals surface area contributed by atoms with E-state index < -0.39 is 11.5 Å². The number of carbonyl (C=O) groups is 1. The van der Waals surface area contributed by atoms with Crippen LogP contribution in [0.1, 0.15) is 41.6 Å². The van der Waals surface area contributed by atoms with Gasteiger partial charge in [0, 0.05) is 43.1 Å². The number of fused-ring (bicyclic) bond motifs is 1. The molecule has 1 aliphatic carbocycles. The normalized spacial score (nSPS) is 17.4. The molecule has 210 valence electrons. The molecule has 1 heterocycles. The summed E-state index contributed by atoms with van der Waals surface area (Å²) in [5.41, 5.74) is -0.321. The number of piperidine rings is 1. The second-order valence-corrected chi connectivity index (χ2v) is 10.9. The van der Waals surface area contributed by atoms with Crippen LogP contribution in [0.25, 0.3) is 10.8 Å². The van der Waals surface area contributed by atoms with E-state index in [4.69, 9.17) is 26.5 Å². The number of aliphatic hydroxyl groups is 1. The van der Waals surface area contributed by atoms with Gasteiger partial charge in [-0.05, 0) is 60.0 Å². The van der Waals surface area contributed by atoms with E-state index >= 15 is 4.39 Å². The quantitative estimate of drug-likeness (QED) is 0.164. The summed E-state index contributed by atoms with van der Waals surface area (Å²) < 4.78 is 40.8. The third-order valence-electron chi connectivity index (χ3n) is 7.66. The second-order valence-electron chi connectivity index (χ2n) is 10.5. The third kappa shape index (κ3) is 5.98. The van der Waals surface area contributed by atoms with Gasteiger partial charge in [-0.3, -0.25) is 5.41 Å². The van der Waals surface area contributed by atoms with Gasteiger partial charge in [-0.1, -0.05) is 29.8 Å². The molecule has 0 unspecified atom stereocenters. The summed E-state index contributed by atoms with van der Waals surface area (Å²) in [6, 6.07) is 15.5. The molecule has 3 aromatic carbocycles. The smallest absolute Gasteiger partial charge is 0.337 e. The van der Waals surface area contributed by atoms with E-state index in [1.165, 1.54) is 25.3 Å². The number of methoxy groups -OCH3 is 1. The van der Waals surface area contributed by atoms with Crippen LogP contribution >= 0.6 is 11.6 Å². The molecule has 0 amide bonds. The highest BCUT2D eigenvalue weighted by Crippen LogP contribution is 2.38. The zero-order chi connectivity index (χ0) is 28.4. The van der Waals surface area contributed by atoms with Crippen molar-refractivity contribution in [2.24, 2.45) is 5.92 Å².